The molecule has 10 nitrogen and oxygen atoms in total. The van der Waals surface area contributed by atoms with Crippen LogP contribution in [0.4, 0.5) is 5.95 Å². The number of nitrogen functional groups attached to an aromatic ring is 1. The van der Waals surface area contributed by atoms with Gasteiger partial charge in [-0.15, -0.1) is 15.3 Å². The molecule has 0 aromatic carbocycles. The standard InChI is InChI=1S/C4H6N10/c1-13-9-3(7-11-13)2-6-14-4(5)8-10-12-14/h2H,1H3,(H2,5,8,12)/b6-2+. The van der Waals surface area contributed by atoms with E-state index in [9.17, 15) is 0 Å². The number of rotatable bonds is 2. The highest BCUT2D eigenvalue weighted by Gasteiger charge is 1.98. The molecule has 0 radical (unpaired) electrons. The first kappa shape index (κ1) is 8.22. The molecule has 0 bridgehead atoms. The molecule has 0 spiro atoms. The Bertz CT molecular complexity index is 450. The zero-order chi connectivity index (χ0) is 9.97. The molecule has 0 amide bonds. The lowest BCUT2D eigenvalue weighted by molar-refractivity contribution is 0.629. The van der Waals surface area contributed by atoms with Crippen molar-refractivity contribution in [3.05, 3.63) is 5.82 Å². The van der Waals surface area contributed by atoms with Crippen molar-refractivity contribution in [1.82, 2.24) is 40.5 Å². The van der Waals surface area contributed by atoms with Crippen LogP contribution in [0, 0.1) is 0 Å². The summed E-state index contributed by atoms with van der Waals surface area (Å²) in [5, 5.41) is 25.2. The van der Waals surface area contributed by atoms with E-state index in [0.717, 1.165) is 4.79 Å². The summed E-state index contributed by atoms with van der Waals surface area (Å²) < 4.78 is 0. The van der Waals surface area contributed by atoms with Gasteiger partial charge in [-0.2, -0.15) is 4.80 Å². The van der Waals surface area contributed by atoms with Gasteiger partial charge < -0.3 is 5.73 Å². The third-order valence-electron chi connectivity index (χ3n) is 1.28. The molecule has 10 heteroatoms. The third kappa shape index (κ3) is 1.53. The van der Waals surface area contributed by atoms with Gasteiger partial charge in [-0.3, -0.25) is 0 Å². The quantitative estimate of drug-likeness (QED) is 0.531. The number of anilines is 1. The average Bonchev–Trinajstić information content (AvgIpc) is 2.72. The summed E-state index contributed by atoms with van der Waals surface area (Å²) in [6.07, 6.45) is 1.35. The Balaban J connectivity index is 2.19. The van der Waals surface area contributed by atoms with Crippen LogP contribution in [0.1, 0.15) is 5.82 Å². The van der Waals surface area contributed by atoms with Crippen molar-refractivity contribution in [2.24, 2.45) is 12.1 Å². The van der Waals surface area contributed by atoms with Crippen LogP contribution < -0.4 is 5.73 Å². The maximum atomic E-state index is 5.36. The SMILES string of the molecule is Cn1nnc(/C=N/n2nnnc2N)n1. The zero-order valence-corrected chi connectivity index (χ0v) is 7.18. The molecule has 0 aliphatic carbocycles. The molecule has 0 fully saturated rings. The summed E-state index contributed by atoms with van der Waals surface area (Å²) in [6.45, 7) is 0. The van der Waals surface area contributed by atoms with Gasteiger partial charge in [0.1, 0.15) is 0 Å². The number of aryl methyl sites for hydroxylation is 1. The van der Waals surface area contributed by atoms with Gasteiger partial charge in [0, 0.05) is 0 Å². The number of tetrazole rings is 2. The van der Waals surface area contributed by atoms with Crippen molar-refractivity contribution in [3.63, 3.8) is 0 Å². The Kier molecular flexibility index (Phi) is 1.86. The highest BCUT2D eigenvalue weighted by molar-refractivity contribution is 5.73. The maximum Gasteiger partial charge on any atom is 0.263 e. The van der Waals surface area contributed by atoms with Crippen LogP contribution >= 0.6 is 0 Å². The normalized spacial score (nSPS) is 11.2. The molecule has 2 aromatic heterocycles. The Morgan fingerprint density at radius 1 is 1.36 bits per heavy atom. The van der Waals surface area contributed by atoms with Gasteiger partial charge in [0.2, 0.25) is 5.82 Å². The summed E-state index contributed by atoms with van der Waals surface area (Å²) in [4.78, 5) is 2.36. The molecule has 0 atom stereocenters. The van der Waals surface area contributed by atoms with Crippen LogP contribution in [0.2, 0.25) is 0 Å². The molecular formula is C4H6N10. The van der Waals surface area contributed by atoms with E-state index in [2.05, 4.69) is 36.0 Å². The largest absolute Gasteiger partial charge is 0.365 e. The van der Waals surface area contributed by atoms with Gasteiger partial charge in [-0.25, -0.2) is 0 Å². The molecule has 0 saturated carbocycles. The van der Waals surface area contributed by atoms with Crippen LogP contribution in [-0.2, 0) is 7.05 Å². The Morgan fingerprint density at radius 3 is 2.79 bits per heavy atom. The second kappa shape index (κ2) is 3.16. The van der Waals surface area contributed by atoms with E-state index in [1.165, 1.54) is 11.0 Å². The highest BCUT2D eigenvalue weighted by Crippen LogP contribution is 1.90. The van der Waals surface area contributed by atoms with Crippen LogP contribution in [0.3, 0.4) is 0 Å². The molecular weight excluding hydrogens is 188 g/mol. The first-order valence-corrected chi connectivity index (χ1v) is 3.58. The van der Waals surface area contributed by atoms with Crippen molar-refractivity contribution >= 4 is 12.2 Å². The molecule has 2 heterocycles. The van der Waals surface area contributed by atoms with E-state index in [0.29, 0.717) is 5.82 Å². The lowest BCUT2D eigenvalue weighted by atomic mass is 10.7. The average molecular weight is 194 g/mol. The first-order chi connectivity index (χ1) is 6.75. The van der Waals surface area contributed by atoms with Gasteiger partial charge in [-0.1, -0.05) is 9.89 Å². The van der Waals surface area contributed by atoms with E-state index in [1.54, 1.807) is 7.05 Å². The summed E-state index contributed by atoms with van der Waals surface area (Å²) in [5.74, 6) is 0.438. The van der Waals surface area contributed by atoms with Crippen molar-refractivity contribution in [2.75, 3.05) is 5.73 Å². The minimum Gasteiger partial charge on any atom is -0.365 e. The van der Waals surface area contributed by atoms with Crippen molar-refractivity contribution in [2.45, 2.75) is 0 Å². The minimum atomic E-state index is 0.0881. The van der Waals surface area contributed by atoms with E-state index in [-0.39, 0.29) is 5.95 Å². The van der Waals surface area contributed by atoms with Gasteiger partial charge in [0.05, 0.1) is 13.3 Å². The molecule has 72 valence electrons. The van der Waals surface area contributed by atoms with Crippen molar-refractivity contribution in [1.29, 1.82) is 0 Å². The van der Waals surface area contributed by atoms with Crippen molar-refractivity contribution in [3.8, 4) is 0 Å². The minimum absolute atomic E-state index is 0.0881. The fraction of sp³-hybridized carbons (Fsp3) is 0.250. The lowest BCUT2D eigenvalue weighted by Crippen LogP contribution is -2.00. The Hall–Kier alpha value is -2.39. The fourth-order valence-electron chi connectivity index (χ4n) is 0.729. The molecule has 0 aliphatic rings. The van der Waals surface area contributed by atoms with Gasteiger partial charge >= 0.3 is 0 Å². The second-order valence-corrected chi connectivity index (χ2v) is 2.31. The second-order valence-electron chi connectivity index (χ2n) is 2.31. The molecule has 2 N–H and O–H groups in total. The summed E-state index contributed by atoms with van der Waals surface area (Å²) in [6, 6.07) is 0. The van der Waals surface area contributed by atoms with E-state index in [1.807, 2.05) is 0 Å². The van der Waals surface area contributed by atoms with Gasteiger partial charge in [0.25, 0.3) is 5.95 Å². The molecule has 0 saturated heterocycles. The molecule has 0 unspecified atom stereocenters. The predicted molar refractivity (Wildman–Crippen MR) is 44.0 cm³/mol. The molecule has 14 heavy (non-hydrogen) atoms. The lowest BCUT2D eigenvalue weighted by Gasteiger charge is -1.87. The number of nitrogens with zero attached hydrogens (tertiary/aromatic N) is 9. The Labute approximate surface area is 77.4 Å². The predicted octanol–water partition coefficient (Wildman–Crippen LogP) is -2.34. The number of hydrogen-bond acceptors (Lipinski definition) is 8. The van der Waals surface area contributed by atoms with Crippen LogP contribution in [0.15, 0.2) is 5.10 Å². The molecule has 2 aromatic rings. The number of nitrogens with two attached hydrogens (primary N) is 1. The van der Waals surface area contributed by atoms with E-state index in [4.69, 9.17) is 5.73 Å². The summed E-state index contributed by atoms with van der Waals surface area (Å²) in [5.41, 5.74) is 5.36. The topological polar surface area (TPSA) is 126 Å². The smallest absolute Gasteiger partial charge is 0.263 e. The van der Waals surface area contributed by atoms with Crippen LogP contribution in [0.5, 0.6) is 0 Å². The van der Waals surface area contributed by atoms with Gasteiger partial charge in [0.15, 0.2) is 0 Å². The fourth-order valence-corrected chi connectivity index (χ4v) is 0.729. The Morgan fingerprint density at radius 2 is 2.21 bits per heavy atom. The van der Waals surface area contributed by atoms with E-state index < -0.39 is 0 Å². The van der Waals surface area contributed by atoms with Gasteiger partial charge in [-0.05, 0) is 15.6 Å². The van der Waals surface area contributed by atoms with Crippen LogP contribution in [-0.4, -0.2) is 46.7 Å². The third-order valence-corrected chi connectivity index (χ3v) is 1.28. The highest BCUT2D eigenvalue weighted by atomic mass is 15.7. The van der Waals surface area contributed by atoms with Crippen molar-refractivity contribution < 1.29 is 0 Å². The van der Waals surface area contributed by atoms with Crippen LogP contribution in [0.25, 0.3) is 0 Å². The maximum absolute atomic E-state index is 5.36. The zero-order valence-electron chi connectivity index (χ0n) is 7.18. The summed E-state index contributed by atoms with van der Waals surface area (Å²) >= 11 is 0. The number of aromatic nitrogens is 8. The molecule has 2 rings (SSSR count). The number of hydrogen-bond donors (Lipinski definition) is 1. The molecule has 0 aliphatic heterocycles. The summed E-state index contributed by atoms with van der Waals surface area (Å²) in [7, 11) is 1.65. The van der Waals surface area contributed by atoms with E-state index >= 15 is 0 Å². The monoisotopic (exact) mass is 194 g/mol. The first-order valence-electron chi connectivity index (χ1n) is 3.58.